The predicted molar refractivity (Wildman–Crippen MR) is 82.4 cm³/mol. The summed E-state index contributed by atoms with van der Waals surface area (Å²) in [5.74, 6) is 3.04. The van der Waals surface area contributed by atoms with E-state index >= 15 is 0 Å². The van der Waals surface area contributed by atoms with E-state index in [9.17, 15) is 4.79 Å². The third-order valence-electron chi connectivity index (χ3n) is 3.19. The highest BCUT2D eigenvalue weighted by atomic mass is 32.2. The molecule has 1 saturated heterocycles. The molecule has 1 N–H and O–H groups in total. The first-order valence-corrected chi connectivity index (χ1v) is 8.30. The van der Waals surface area contributed by atoms with E-state index in [2.05, 4.69) is 24.1 Å². The standard InChI is InChI=1S/C15H22N2O2S/c1-11(2)5-8-16-14(18)13-4-3-7-17-15(13)19-12-6-9-20-10-12/h3-4,7,11-12H,5-6,8-10H2,1-2H3,(H,16,18). The number of nitrogens with one attached hydrogen (secondary N) is 1. The minimum absolute atomic E-state index is 0.0978. The van der Waals surface area contributed by atoms with Gasteiger partial charge in [-0.15, -0.1) is 0 Å². The average Bonchev–Trinajstić information content (AvgIpc) is 2.91. The van der Waals surface area contributed by atoms with Gasteiger partial charge in [0.05, 0.1) is 0 Å². The van der Waals surface area contributed by atoms with Crippen molar-refractivity contribution >= 4 is 17.7 Å². The van der Waals surface area contributed by atoms with Crippen LogP contribution in [0.2, 0.25) is 0 Å². The molecule has 1 aromatic heterocycles. The van der Waals surface area contributed by atoms with E-state index in [1.165, 1.54) is 0 Å². The Morgan fingerprint density at radius 1 is 1.60 bits per heavy atom. The van der Waals surface area contributed by atoms with Gasteiger partial charge in [0, 0.05) is 18.5 Å². The number of pyridine rings is 1. The van der Waals surface area contributed by atoms with Gasteiger partial charge < -0.3 is 10.1 Å². The van der Waals surface area contributed by atoms with E-state index < -0.39 is 0 Å². The van der Waals surface area contributed by atoms with Crippen LogP contribution in [0.15, 0.2) is 18.3 Å². The second kappa shape index (κ2) is 7.53. The Labute approximate surface area is 124 Å². The smallest absolute Gasteiger partial charge is 0.256 e. The van der Waals surface area contributed by atoms with E-state index in [0.29, 0.717) is 23.9 Å². The van der Waals surface area contributed by atoms with Gasteiger partial charge in [-0.2, -0.15) is 11.8 Å². The van der Waals surface area contributed by atoms with Crippen LogP contribution in [0, 0.1) is 5.92 Å². The molecule has 1 aliphatic heterocycles. The van der Waals surface area contributed by atoms with E-state index in [0.717, 1.165) is 24.3 Å². The summed E-state index contributed by atoms with van der Waals surface area (Å²) < 4.78 is 5.86. The summed E-state index contributed by atoms with van der Waals surface area (Å²) in [6.45, 7) is 4.97. The quantitative estimate of drug-likeness (QED) is 0.876. The fraction of sp³-hybridized carbons (Fsp3) is 0.600. The first kappa shape index (κ1) is 15.2. The molecule has 4 nitrogen and oxygen atoms in total. The molecule has 1 aliphatic rings. The van der Waals surface area contributed by atoms with Crippen molar-refractivity contribution in [2.24, 2.45) is 5.92 Å². The SMILES string of the molecule is CC(C)CCNC(=O)c1cccnc1OC1CCSC1. The third-order valence-corrected chi connectivity index (χ3v) is 4.32. The summed E-state index contributed by atoms with van der Waals surface area (Å²) in [4.78, 5) is 16.4. The fourth-order valence-corrected chi connectivity index (χ4v) is 3.08. The Balaban J connectivity index is 1.97. The Morgan fingerprint density at radius 2 is 2.45 bits per heavy atom. The fourth-order valence-electron chi connectivity index (χ4n) is 1.99. The molecule has 5 heteroatoms. The largest absolute Gasteiger partial charge is 0.473 e. The number of thioether (sulfide) groups is 1. The molecule has 1 fully saturated rings. The summed E-state index contributed by atoms with van der Waals surface area (Å²) >= 11 is 1.88. The van der Waals surface area contributed by atoms with Crippen molar-refractivity contribution in [3.8, 4) is 5.88 Å². The summed E-state index contributed by atoms with van der Waals surface area (Å²) in [5.41, 5.74) is 0.535. The highest BCUT2D eigenvalue weighted by Crippen LogP contribution is 2.24. The van der Waals surface area contributed by atoms with Crippen LogP contribution >= 0.6 is 11.8 Å². The lowest BCUT2D eigenvalue weighted by atomic mass is 10.1. The number of carbonyl (C=O) groups excluding carboxylic acids is 1. The molecule has 0 saturated carbocycles. The number of hydrogen-bond acceptors (Lipinski definition) is 4. The molecule has 110 valence electrons. The van der Waals surface area contributed by atoms with Crippen LogP contribution in [0.5, 0.6) is 5.88 Å². The minimum atomic E-state index is -0.0978. The maximum atomic E-state index is 12.2. The minimum Gasteiger partial charge on any atom is -0.473 e. The van der Waals surface area contributed by atoms with Crippen molar-refractivity contribution in [2.75, 3.05) is 18.1 Å². The van der Waals surface area contributed by atoms with Gasteiger partial charge in [-0.05, 0) is 36.6 Å². The monoisotopic (exact) mass is 294 g/mol. The van der Waals surface area contributed by atoms with Crippen molar-refractivity contribution in [3.05, 3.63) is 23.9 Å². The molecule has 1 unspecified atom stereocenters. The van der Waals surface area contributed by atoms with Crippen LogP contribution in [-0.2, 0) is 0 Å². The number of rotatable bonds is 6. The van der Waals surface area contributed by atoms with Gasteiger partial charge in [-0.1, -0.05) is 13.8 Å². The van der Waals surface area contributed by atoms with Crippen molar-refractivity contribution in [2.45, 2.75) is 32.8 Å². The molecule has 0 aromatic carbocycles. The first-order chi connectivity index (χ1) is 9.66. The lowest BCUT2D eigenvalue weighted by molar-refractivity contribution is 0.0944. The van der Waals surface area contributed by atoms with E-state index in [1.807, 2.05) is 11.8 Å². The molecule has 2 heterocycles. The third kappa shape index (κ3) is 4.40. The molecular formula is C15H22N2O2S. The average molecular weight is 294 g/mol. The number of amides is 1. The maximum Gasteiger partial charge on any atom is 0.256 e. The Bertz CT molecular complexity index is 445. The van der Waals surface area contributed by atoms with Crippen molar-refractivity contribution < 1.29 is 9.53 Å². The van der Waals surface area contributed by atoms with E-state index in [1.54, 1.807) is 18.3 Å². The summed E-state index contributed by atoms with van der Waals surface area (Å²) in [5, 5.41) is 2.93. The molecular weight excluding hydrogens is 272 g/mol. The van der Waals surface area contributed by atoms with Crippen molar-refractivity contribution in [1.29, 1.82) is 0 Å². The second-order valence-electron chi connectivity index (χ2n) is 5.40. The van der Waals surface area contributed by atoms with Crippen molar-refractivity contribution in [3.63, 3.8) is 0 Å². The van der Waals surface area contributed by atoms with Crippen LogP contribution in [0.3, 0.4) is 0 Å². The zero-order valence-electron chi connectivity index (χ0n) is 12.1. The molecule has 0 spiro atoms. The van der Waals surface area contributed by atoms with Crippen LogP contribution in [0.4, 0.5) is 0 Å². The first-order valence-electron chi connectivity index (χ1n) is 7.14. The normalized spacial score (nSPS) is 18.2. The molecule has 1 atom stereocenters. The topological polar surface area (TPSA) is 51.2 Å². The van der Waals surface area contributed by atoms with Crippen LogP contribution in [0.1, 0.15) is 37.0 Å². The Kier molecular flexibility index (Phi) is 5.71. The van der Waals surface area contributed by atoms with Crippen LogP contribution in [-0.4, -0.2) is 35.0 Å². The molecule has 0 aliphatic carbocycles. The van der Waals surface area contributed by atoms with Crippen LogP contribution < -0.4 is 10.1 Å². The zero-order valence-corrected chi connectivity index (χ0v) is 12.9. The zero-order chi connectivity index (χ0) is 14.4. The molecule has 0 bridgehead atoms. The van der Waals surface area contributed by atoms with Gasteiger partial charge in [-0.25, -0.2) is 4.98 Å². The lowest BCUT2D eigenvalue weighted by Gasteiger charge is -2.14. The molecule has 0 radical (unpaired) electrons. The molecule has 20 heavy (non-hydrogen) atoms. The molecule has 2 rings (SSSR count). The van der Waals surface area contributed by atoms with Gasteiger partial charge in [-0.3, -0.25) is 4.79 Å². The second-order valence-corrected chi connectivity index (χ2v) is 6.55. The Morgan fingerprint density at radius 3 is 3.15 bits per heavy atom. The number of ether oxygens (including phenoxy) is 1. The predicted octanol–water partition coefficient (Wildman–Crippen LogP) is 2.74. The lowest BCUT2D eigenvalue weighted by Crippen LogP contribution is -2.27. The molecule has 1 aromatic rings. The van der Waals surface area contributed by atoms with Gasteiger partial charge in [0.2, 0.25) is 5.88 Å². The summed E-state index contributed by atoms with van der Waals surface area (Å²) in [7, 11) is 0. The van der Waals surface area contributed by atoms with E-state index in [4.69, 9.17) is 4.74 Å². The summed E-state index contributed by atoms with van der Waals surface area (Å²) in [6, 6.07) is 3.54. The highest BCUT2D eigenvalue weighted by Gasteiger charge is 2.21. The number of nitrogens with zero attached hydrogens (tertiary/aromatic N) is 1. The van der Waals surface area contributed by atoms with Gasteiger partial charge in [0.15, 0.2) is 0 Å². The maximum absolute atomic E-state index is 12.2. The number of hydrogen-bond donors (Lipinski definition) is 1. The summed E-state index contributed by atoms with van der Waals surface area (Å²) in [6.07, 6.45) is 3.84. The van der Waals surface area contributed by atoms with Crippen LogP contribution in [0.25, 0.3) is 0 Å². The van der Waals surface area contributed by atoms with Gasteiger partial charge in [0.25, 0.3) is 5.91 Å². The molecule has 1 amide bonds. The number of aromatic nitrogens is 1. The van der Waals surface area contributed by atoms with E-state index in [-0.39, 0.29) is 12.0 Å². The van der Waals surface area contributed by atoms with Crippen molar-refractivity contribution in [1.82, 2.24) is 10.3 Å². The Hall–Kier alpha value is -1.23. The van der Waals surface area contributed by atoms with Gasteiger partial charge in [0.1, 0.15) is 11.7 Å². The number of carbonyl (C=O) groups is 1. The highest BCUT2D eigenvalue weighted by molar-refractivity contribution is 7.99. The van der Waals surface area contributed by atoms with Gasteiger partial charge >= 0.3 is 0 Å².